The molecule has 0 atom stereocenters. The molecule has 0 aliphatic carbocycles. The van der Waals surface area contributed by atoms with Crippen LogP contribution in [0.1, 0.15) is 11.3 Å². The Morgan fingerprint density at radius 2 is 1.92 bits per heavy atom. The van der Waals surface area contributed by atoms with Crippen molar-refractivity contribution in [1.82, 2.24) is 20.4 Å². The normalized spacial score (nSPS) is 12.1. The van der Waals surface area contributed by atoms with Crippen LogP contribution < -0.4 is 15.4 Å². The van der Waals surface area contributed by atoms with Gasteiger partial charge < -0.3 is 15.4 Å². The van der Waals surface area contributed by atoms with Crippen molar-refractivity contribution in [3.05, 3.63) is 47.8 Å². The molecule has 24 heavy (non-hydrogen) atoms. The molecule has 0 aliphatic rings. The number of hydrogen-bond acceptors (Lipinski definition) is 3. The number of halogens is 3. The quantitative estimate of drug-likeness (QED) is 0.646. The Hall–Kier alpha value is -2.71. The number of para-hydroxylation sites is 1. The van der Waals surface area contributed by atoms with Crippen molar-refractivity contribution in [3.63, 3.8) is 0 Å². The van der Waals surface area contributed by atoms with Crippen LogP contribution in [0.2, 0.25) is 0 Å². The number of alkyl halides is 3. The van der Waals surface area contributed by atoms with E-state index in [1.807, 2.05) is 13.1 Å². The molecule has 1 aromatic carbocycles. The van der Waals surface area contributed by atoms with E-state index in [2.05, 4.69) is 25.5 Å². The van der Waals surface area contributed by atoms with Crippen molar-refractivity contribution in [2.24, 2.45) is 12.0 Å². The molecular weight excluding hydrogens is 323 g/mol. The highest BCUT2D eigenvalue weighted by Gasteiger charge is 2.31. The van der Waals surface area contributed by atoms with Gasteiger partial charge in [-0.25, -0.2) is 0 Å². The van der Waals surface area contributed by atoms with E-state index in [0.29, 0.717) is 18.1 Å². The number of rotatable bonds is 5. The minimum absolute atomic E-state index is 0.136. The number of guanidine groups is 1. The molecule has 0 spiro atoms. The number of aromatic nitrogens is 2. The van der Waals surface area contributed by atoms with Gasteiger partial charge in [0, 0.05) is 32.4 Å². The van der Waals surface area contributed by atoms with Crippen molar-refractivity contribution >= 4 is 5.96 Å². The third kappa shape index (κ3) is 5.18. The van der Waals surface area contributed by atoms with Gasteiger partial charge in [-0.1, -0.05) is 18.2 Å². The predicted molar refractivity (Wildman–Crippen MR) is 83.4 cm³/mol. The van der Waals surface area contributed by atoms with Gasteiger partial charge in [-0.3, -0.25) is 9.67 Å². The highest BCUT2D eigenvalue weighted by atomic mass is 19.4. The van der Waals surface area contributed by atoms with Gasteiger partial charge in [0.05, 0.1) is 12.2 Å². The molecule has 0 radical (unpaired) electrons. The third-order valence-corrected chi connectivity index (χ3v) is 3.23. The lowest BCUT2D eigenvalue weighted by molar-refractivity contribution is -0.274. The Labute approximate surface area is 137 Å². The number of aryl methyl sites for hydroxylation is 1. The van der Waals surface area contributed by atoms with Crippen molar-refractivity contribution < 1.29 is 17.9 Å². The second-order valence-electron chi connectivity index (χ2n) is 4.88. The van der Waals surface area contributed by atoms with Gasteiger partial charge in [-0.15, -0.1) is 13.2 Å². The third-order valence-electron chi connectivity index (χ3n) is 3.23. The van der Waals surface area contributed by atoms with Crippen molar-refractivity contribution in [2.45, 2.75) is 19.5 Å². The molecule has 130 valence electrons. The number of nitrogens with zero attached hydrogens (tertiary/aromatic N) is 3. The lowest BCUT2D eigenvalue weighted by Gasteiger charge is -2.15. The SMILES string of the molecule is CN=C(NCc1ccccc1OC(F)(F)F)NCc1ccnn1C. The fourth-order valence-corrected chi connectivity index (χ4v) is 2.02. The first-order chi connectivity index (χ1) is 11.4. The first-order valence-electron chi connectivity index (χ1n) is 7.14. The topological polar surface area (TPSA) is 63.5 Å². The highest BCUT2D eigenvalue weighted by molar-refractivity contribution is 5.79. The average molecular weight is 341 g/mol. The Balaban J connectivity index is 1.95. The summed E-state index contributed by atoms with van der Waals surface area (Å²) >= 11 is 0. The Morgan fingerprint density at radius 1 is 1.21 bits per heavy atom. The van der Waals surface area contributed by atoms with E-state index in [0.717, 1.165) is 5.69 Å². The van der Waals surface area contributed by atoms with E-state index in [1.54, 1.807) is 30.1 Å². The molecule has 2 aromatic rings. The van der Waals surface area contributed by atoms with Gasteiger partial charge in [-0.2, -0.15) is 5.10 Å². The maximum absolute atomic E-state index is 12.4. The van der Waals surface area contributed by atoms with Gasteiger partial charge in [-0.05, 0) is 12.1 Å². The Bertz CT molecular complexity index is 696. The van der Waals surface area contributed by atoms with E-state index < -0.39 is 6.36 Å². The molecule has 1 aromatic heterocycles. The van der Waals surface area contributed by atoms with Crippen LogP contribution in [0.25, 0.3) is 0 Å². The summed E-state index contributed by atoms with van der Waals surface area (Å²) < 4.78 is 43.0. The maximum atomic E-state index is 12.4. The van der Waals surface area contributed by atoms with Crippen molar-refractivity contribution in [1.29, 1.82) is 0 Å². The Morgan fingerprint density at radius 3 is 2.54 bits per heavy atom. The smallest absolute Gasteiger partial charge is 0.405 e. The van der Waals surface area contributed by atoms with Crippen LogP contribution in [0.3, 0.4) is 0 Å². The summed E-state index contributed by atoms with van der Waals surface area (Å²) in [4.78, 5) is 4.04. The number of hydrogen-bond donors (Lipinski definition) is 2. The van der Waals surface area contributed by atoms with Crippen LogP contribution in [-0.4, -0.2) is 29.2 Å². The van der Waals surface area contributed by atoms with E-state index in [-0.39, 0.29) is 12.3 Å². The average Bonchev–Trinajstić information content (AvgIpc) is 2.93. The summed E-state index contributed by atoms with van der Waals surface area (Å²) in [5, 5.41) is 10.1. The van der Waals surface area contributed by atoms with E-state index >= 15 is 0 Å². The maximum Gasteiger partial charge on any atom is 0.573 e. The van der Waals surface area contributed by atoms with Gasteiger partial charge in [0.15, 0.2) is 5.96 Å². The van der Waals surface area contributed by atoms with Crippen LogP contribution in [-0.2, 0) is 20.1 Å². The zero-order valence-corrected chi connectivity index (χ0v) is 13.3. The molecule has 2 rings (SSSR count). The number of ether oxygens (including phenoxy) is 1. The summed E-state index contributed by atoms with van der Waals surface area (Å²) in [7, 11) is 3.40. The zero-order chi connectivity index (χ0) is 17.6. The van der Waals surface area contributed by atoms with Crippen LogP contribution in [0.15, 0.2) is 41.5 Å². The molecule has 0 unspecified atom stereocenters. The molecule has 9 heteroatoms. The van der Waals surface area contributed by atoms with Crippen LogP contribution in [0, 0.1) is 0 Å². The van der Waals surface area contributed by atoms with E-state index in [1.165, 1.54) is 12.1 Å². The molecule has 0 bridgehead atoms. The number of aliphatic imine (C=N–C) groups is 1. The second-order valence-corrected chi connectivity index (χ2v) is 4.88. The number of benzene rings is 1. The first-order valence-corrected chi connectivity index (χ1v) is 7.14. The molecule has 6 nitrogen and oxygen atoms in total. The summed E-state index contributed by atoms with van der Waals surface area (Å²) in [5.74, 6) is 0.220. The monoisotopic (exact) mass is 341 g/mol. The van der Waals surface area contributed by atoms with Gasteiger partial charge in [0.1, 0.15) is 5.75 Å². The molecule has 2 N–H and O–H groups in total. The second kappa shape index (κ2) is 7.71. The lowest BCUT2D eigenvalue weighted by Crippen LogP contribution is -2.36. The van der Waals surface area contributed by atoms with E-state index in [9.17, 15) is 13.2 Å². The molecule has 0 amide bonds. The highest BCUT2D eigenvalue weighted by Crippen LogP contribution is 2.25. The molecular formula is C15H18F3N5O. The summed E-state index contributed by atoms with van der Waals surface area (Å²) in [6, 6.07) is 7.82. The summed E-state index contributed by atoms with van der Waals surface area (Å²) in [6.45, 7) is 0.619. The summed E-state index contributed by atoms with van der Waals surface area (Å²) in [5.41, 5.74) is 1.32. The fraction of sp³-hybridized carbons (Fsp3) is 0.333. The van der Waals surface area contributed by atoms with Gasteiger partial charge in [0.2, 0.25) is 0 Å². The Kier molecular flexibility index (Phi) is 5.67. The standard InChI is InChI=1S/C15H18F3N5O/c1-19-14(21-10-12-7-8-22-23(12)2)20-9-11-5-3-4-6-13(11)24-15(16,17)18/h3-8H,9-10H2,1-2H3,(H2,19,20,21). The van der Waals surface area contributed by atoms with Crippen molar-refractivity contribution in [2.75, 3.05) is 7.05 Å². The molecule has 0 saturated heterocycles. The van der Waals surface area contributed by atoms with Gasteiger partial charge >= 0.3 is 6.36 Å². The molecule has 0 fully saturated rings. The van der Waals surface area contributed by atoms with Crippen LogP contribution in [0.5, 0.6) is 5.75 Å². The first kappa shape index (κ1) is 17.6. The molecule has 0 saturated carbocycles. The fourth-order valence-electron chi connectivity index (χ4n) is 2.02. The van der Waals surface area contributed by atoms with Gasteiger partial charge in [0.25, 0.3) is 0 Å². The summed E-state index contributed by atoms with van der Waals surface area (Å²) in [6.07, 6.45) is -3.05. The van der Waals surface area contributed by atoms with Crippen LogP contribution in [0.4, 0.5) is 13.2 Å². The molecule has 0 aliphatic heterocycles. The molecule has 1 heterocycles. The minimum atomic E-state index is -4.73. The minimum Gasteiger partial charge on any atom is -0.405 e. The zero-order valence-electron chi connectivity index (χ0n) is 13.3. The van der Waals surface area contributed by atoms with Crippen LogP contribution >= 0.6 is 0 Å². The predicted octanol–water partition coefficient (Wildman–Crippen LogP) is 2.18. The van der Waals surface area contributed by atoms with E-state index in [4.69, 9.17) is 0 Å². The number of nitrogens with one attached hydrogen (secondary N) is 2. The lowest BCUT2D eigenvalue weighted by atomic mass is 10.2. The van der Waals surface area contributed by atoms with Crippen molar-refractivity contribution in [3.8, 4) is 5.75 Å². The largest absolute Gasteiger partial charge is 0.573 e.